The van der Waals surface area contributed by atoms with Gasteiger partial charge in [-0.3, -0.25) is 0 Å². The van der Waals surface area contributed by atoms with E-state index < -0.39 is 0 Å². The predicted octanol–water partition coefficient (Wildman–Crippen LogP) is 3.49. The van der Waals surface area contributed by atoms with Crippen molar-refractivity contribution in [2.24, 2.45) is 4.99 Å². The molecule has 1 aromatic heterocycles. The second kappa shape index (κ2) is 5.41. The number of rotatable bonds is 0. The van der Waals surface area contributed by atoms with E-state index in [-0.39, 0.29) is 0 Å². The molecule has 0 bridgehead atoms. The first kappa shape index (κ1) is 13.8. The van der Waals surface area contributed by atoms with Gasteiger partial charge in [0.05, 0.1) is 5.56 Å². The first-order valence-corrected chi connectivity index (χ1v) is 8.42. The Bertz CT molecular complexity index is 729. The molecule has 0 amide bonds. The zero-order valence-electron chi connectivity index (χ0n) is 12.9. The largest absolute Gasteiger partial charge is 0.444 e. The van der Waals surface area contributed by atoms with Crippen molar-refractivity contribution in [1.29, 1.82) is 0 Å². The molecule has 2 aliphatic rings. The summed E-state index contributed by atoms with van der Waals surface area (Å²) in [5.74, 6) is 1.90. The SMILES string of the molecule is Cc1cc2c(s1)Oc1ccccc1N=C2N1CCN(C)CC1. The van der Waals surface area contributed by atoms with Crippen molar-refractivity contribution >= 4 is 22.9 Å². The van der Waals surface area contributed by atoms with Crippen molar-refractivity contribution < 1.29 is 4.74 Å². The van der Waals surface area contributed by atoms with E-state index in [1.165, 1.54) is 4.88 Å². The quantitative estimate of drug-likeness (QED) is 0.745. The number of aryl methyl sites for hydroxylation is 1. The molecule has 1 saturated heterocycles. The summed E-state index contributed by atoms with van der Waals surface area (Å²) in [7, 11) is 2.17. The van der Waals surface area contributed by atoms with Crippen LogP contribution in [0, 0.1) is 6.92 Å². The molecular weight excluding hydrogens is 294 g/mol. The van der Waals surface area contributed by atoms with E-state index in [4.69, 9.17) is 9.73 Å². The fraction of sp³-hybridized carbons (Fsp3) is 0.353. The van der Waals surface area contributed by atoms with Gasteiger partial charge in [0.15, 0.2) is 10.8 Å². The maximum Gasteiger partial charge on any atom is 0.192 e. The van der Waals surface area contributed by atoms with Crippen LogP contribution in [0.25, 0.3) is 0 Å². The minimum Gasteiger partial charge on any atom is -0.444 e. The highest BCUT2D eigenvalue weighted by atomic mass is 32.1. The fourth-order valence-corrected chi connectivity index (χ4v) is 3.75. The van der Waals surface area contributed by atoms with Crippen LogP contribution in [0.4, 0.5) is 5.69 Å². The maximum absolute atomic E-state index is 6.13. The number of benzene rings is 1. The van der Waals surface area contributed by atoms with Crippen molar-refractivity contribution in [3.8, 4) is 10.8 Å². The average Bonchev–Trinajstić information content (AvgIpc) is 2.80. The lowest BCUT2D eigenvalue weighted by atomic mass is 10.2. The number of hydrogen-bond donors (Lipinski definition) is 0. The number of likely N-dealkylation sites (N-methyl/N-ethyl adjacent to an activating group) is 1. The highest BCUT2D eigenvalue weighted by Gasteiger charge is 2.26. The van der Waals surface area contributed by atoms with Gasteiger partial charge < -0.3 is 14.5 Å². The first-order valence-electron chi connectivity index (χ1n) is 7.60. The van der Waals surface area contributed by atoms with Crippen LogP contribution in [0.2, 0.25) is 0 Å². The van der Waals surface area contributed by atoms with Crippen LogP contribution in [0.5, 0.6) is 10.8 Å². The average molecular weight is 313 g/mol. The topological polar surface area (TPSA) is 28.1 Å². The highest BCUT2D eigenvalue weighted by molar-refractivity contribution is 7.14. The van der Waals surface area contributed by atoms with Crippen LogP contribution in [0.3, 0.4) is 0 Å². The Morgan fingerprint density at radius 1 is 1.14 bits per heavy atom. The van der Waals surface area contributed by atoms with Crippen LogP contribution >= 0.6 is 11.3 Å². The molecule has 0 N–H and O–H groups in total. The minimum atomic E-state index is 0.842. The number of thiophene rings is 1. The summed E-state index contributed by atoms with van der Waals surface area (Å²) in [5, 5.41) is 0.958. The molecule has 3 heterocycles. The van der Waals surface area contributed by atoms with E-state index in [0.717, 1.165) is 54.1 Å². The third-order valence-corrected chi connectivity index (χ3v) is 5.09. The van der Waals surface area contributed by atoms with Gasteiger partial charge in [-0.15, -0.1) is 11.3 Å². The maximum atomic E-state index is 6.13. The number of para-hydroxylation sites is 2. The number of fused-ring (bicyclic) bond motifs is 2. The summed E-state index contributed by atoms with van der Waals surface area (Å²) in [6.07, 6.45) is 0. The summed E-state index contributed by atoms with van der Waals surface area (Å²) in [6.45, 7) is 6.27. The minimum absolute atomic E-state index is 0.842. The van der Waals surface area contributed by atoms with E-state index in [1.54, 1.807) is 11.3 Å². The van der Waals surface area contributed by atoms with Gasteiger partial charge in [0, 0.05) is 31.1 Å². The van der Waals surface area contributed by atoms with Gasteiger partial charge in [0.2, 0.25) is 0 Å². The second-order valence-electron chi connectivity index (χ2n) is 5.85. The van der Waals surface area contributed by atoms with Gasteiger partial charge in [-0.25, -0.2) is 4.99 Å². The molecule has 114 valence electrons. The molecule has 2 aromatic rings. The van der Waals surface area contributed by atoms with Crippen molar-refractivity contribution in [3.63, 3.8) is 0 Å². The molecule has 0 atom stereocenters. The zero-order valence-corrected chi connectivity index (χ0v) is 13.7. The van der Waals surface area contributed by atoms with Crippen LogP contribution in [-0.2, 0) is 0 Å². The second-order valence-corrected chi connectivity index (χ2v) is 7.07. The molecule has 0 unspecified atom stereocenters. The lowest BCUT2D eigenvalue weighted by Crippen LogP contribution is -2.47. The Hall–Kier alpha value is -1.85. The van der Waals surface area contributed by atoms with Crippen LogP contribution in [-0.4, -0.2) is 48.9 Å². The summed E-state index contributed by atoms with van der Waals surface area (Å²) in [6, 6.07) is 10.2. The summed E-state index contributed by atoms with van der Waals surface area (Å²) in [4.78, 5) is 10.9. The molecule has 0 radical (unpaired) electrons. The fourth-order valence-electron chi connectivity index (χ4n) is 2.89. The third-order valence-electron chi connectivity index (χ3n) is 4.16. The van der Waals surface area contributed by atoms with Crippen molar-refractivity contribution in [2.75, 3.05) is 33.2 Å². The number of hydrogen-bond acceptors (Lipinski definition) is 5. The molecule has 2 aliphatic heterocycles. The molecule has 4 nitrogen and oxygen atoms in total. The Labute approximate surface area is 134 Å². The number of aliphatic imine (C=N–C) groups is 1. The number of piperazine rings is 1. The lowest BCUT2D eigenvalue weighted by molar-refractivity contribution is 0.216. The summed E-state index contributed by atoms with van der Waals surface area (Å²) in [5.41, 5.74) is 2.04. The lowest BCUT2D eigenvalue weighted by Gasteiger charge is -2.34. The number of amidine groups is 1. The van der Waals surface area contributed by atoms with E-state index in [1.807, 2.05) is 24.3 Å². The van der Waals surface area contributed by atoms with E-state index in [0.29, 0.717) is 0 Å². The van der Waals surface area contributed by atoms with Gasteiger partial charge in [0.25, 0.3) is 0 Å². The molecule has 1 fully saturated rings. The Balaban J connectivity index is 1.81. The molecule has 5 heteroatoms. The molecule has 0 saturated carbocycles. The molecule has 4 rings (SSSR count). The third kappa shape index (κ3) is 2.40. The van der Waals surface area contributed by atoms with Gasteiger partial charge in [-0.2, -0.15) is 0 Å². The van der Waals surface area contributed by atoms with E-state index in [2.05, 4.69) is 29.8 Å². The van der Waals surface area contributed by atoms with Crippen molar-refractivity contribution in [3.05, 3.63) is 40.8 Å². The Morgan fingerprint density at radius 3 is 2.73 bits per heavy atom. The summed E-state index contributed by atoms with van der Waals surface area (Å²) < 4.78 is 6.13. The Kier molecular flexibility index (Phi) is 3.39. The molecule has 0 spiro atoms. The van der Waals surface area contributed by atoms with E-state index in [9.17, 15) is 0 Å². The molecule has 0 aliphatic carbocycles. The van der Waals surface area contributed by atoms with E-state index >= 15 is 0 Å². The predicted molar refractivity (Wildman–Crippen MR) is 90.8 cm³/mol. The smallest absolute Gasteiger partial charge is 0.192 e. The van der Waals surface area contributed by atoms with Crippen molar-refractivity contribution in [1.82, 2.24) is 9.80 Å². The normalized spacial score (nSPS) is 18.1. The molecule has 22 heavy (non-hydrogen) atoms. The summed E-state index contributed by atoms with van der Waals surface area (Å²) >= 11 is 1.70. The standard InChI is InChI=1S/C17H19N3OS/c1-12-11-13-16(20-9-7-19(2)8-10-20)18-14-5-3-4-6-15(14)21-17(13)22-12/h3-6,11H,7-10H2,1-2H3. The van der Waals surface area contributed by atoms with Gasteiger partial charge >= 0.3 is 0 Å². The van der Waals surface area contributed by atoms with Gasteiger partial charge in [0.1, 0.15) is 11.5 Å². The molecular formula is C17H19N3OS. The monoisotopic (exact) mass is 313 g/mol. The zero-order chi connectivity index (χ0) is 15.1. The van der Waals surface area contributed by atoms with Gasteiger partial charge in [-0.1, -0.05) is 12.1 Å². The van der Waals surface area contributed by atoms with Crippen LogP contribution < -0.4 is 4.74 Å². The number of nitrogens with zero attached hydrogens (tertiary/aromatic N) is 3. The van der Waals surface area contributed by atoms with Crippen LogP contribution in [0.15, 0.2) is 35.3 Å². The van der Waals surface area contributed by atoms with Crippen LogP contribution in [0.1, 0.15) is 10.4 Å². The van der Waals surface area contributed by atoms with Gasteiger partial charge in [-0.05, 0) is 32.2 Å². The molecule has 1 aromatic carbocycles. The first-order chi connectivity index (χ1) is 10.7. The Morgan fingerprint density at radius 2 is 1.91 bits per heavy atom. The highest BCUT2D eigenvalue weighted by Crippen LogP contribution is 2.42. The number of ether oxygens (including phenoxy) is 1. The van der Waals surface area contributed by atoms with Crippen molar-refractivity contribution in [2.45, 2.75) is 6.92 Å².